The van der Waals surface area contributed by atoms with Crippen molar-refractivity contribution in [2.75, 3.05) is 0 Å². The van der Waals surface area contributed by atoms with Gasteiger partial charge in [0, 0.05) is 26.2 Å². The minimum Gasteiger partial charge on any atom is -0.278 e. The average Bonchev–Trinajstić information content (AvgIpc) is 3.00. The molecule has 0 atom stereocenters. The summed E-state index contributed by atoms with van der Waals surface area (Å²) in [5, 5.41) is 22.2. The standard InChI is InChI=1S/C13H11N7O4/c1-17-11-10(12(21)18(2)13(17)22)15-16-19(11)14-7-8-3-5-9(6-4-8)20(23)24/h3-7H,1-2H3. The number of hydrogen-bond donors (Lipinski definition) is 0. The van der Waals surface area contributed by atoms with Gasteiger partial charge in [0.2, 0.25) is 0 Å². The van der Waals surface area contributed by atoms with Crippen LogP contribution in [0.4, 0.5) is 5.69 Å². The van der Waals surface area contributed by atoms with E-state index in [9.17, 15) is 19.7 Å². The Labute approximate surface area is 133 Å². The Morgan fingerprint density at radius 3 is 2.46 bits per heavy atom. The van der Waals surface area contributed by atoms with Crippen LogP contribution in [-0.2, 0) is 14.1 Å². The number of benzene rings is 1. The Bertz CT molecular complexity index is 1090. The van der Waals surface area contributed by atoms with Crippen LogP contribution in [0.25, 0.3) is 11.2 Å². The van der Waals surface area contributed by atoms with Gasteiger partial charge >= 0.3 is 5.69 Å². The van der Waals surface area contributed by atoms with Crippen LogP contribution in [-0.4, -0.2) is 35.4 Å². The molecule has 2 aromatic heterocycles. The Balaban J connectivity index is 2.06. The van der Waals surface area contributed by atoms with Gasteiger partial charge in [0.15, 0.2) is 11.2 Å². The van der Waals surface area contributed by atoms with Gasteiger partial charge in [-0.05, 0) is 22.9 Å². The molecule has 11 nitrogen and oxygen atoms in total. The topological polar surface area (TPSA) is 130 Å². The fourth-order valence-corrected chi connectivity index (χ4v) is 2.14. The number of rotatable bonds is 3. The van der Waals surface area contributed by atoms with E-state index in [1.165, 1.54) is 49.1 Å². The van der Waals surface area contributed by atoms with Gasteiger partial charge in [-0.2, -0.15) is 5.10 Å². The van der Waals surface area contributed by atoms with E-state index >= 15 is 0 Å². The predicted molar refractivity (Wildman–Crippen MR) is 84.1 cm³/mol. The lowest BCUT2D eigenvalue weighted by Gasteiger charge is -2.03. The SMILES string of the molecule is Cn1c(=O)c2nnn(N=Cc3ccc([N+](=O)[O-])cc3)c2n(C)c1=O. The summed E-state index contributed by atoms with van der Waals surface area (Å²) in [6.07, 6.45) is 1.39. The van der Waals surface area contributed by atoms with Crippen molar-refractivity contribution in [2.45, 2.75) is 0 Å². The normalized spacial score (nSPS) is 11.4. The third kappa shape index (κ3) is 2.37. The summed E-state index contributed by atoms with van der Waals surface area (Å²) in [4.78, 5) is 35.1. The van der Waals surface area contributed by atoms with Crippen molar-refractivity contribution in [1.82, 2.24) is 24.2 Å². The Kier molecular flexibility index (Phi) is 3.52. The van der Waals surface area contributed by atoms with Gasteiger partial charge in [-0.15, -0.1) is 9.89 Å². The molecule has 2 heterocycles. The molecule has 0 fully saturated rings. The highest BCUT2D eigenvalue weighted by atomic mass is 16.6. The van der Waals surface area contributed by atoms with E-state index in [2.05, 4.69) is 15.4 Å². The Morgan fingerprint density at radius 1 is 1.17 bits per heavy atom. The number of hydrogen-bond acceptors (Lipinski definition) is 7. The van der Waals surface area contributed by atoms with E-state index in [1.807, 2.05) is 0 Å². The first-order valence-electron chi connectivity index (χ1n) is 6.70. The molecule has 122 valence electrons. The van der Waals surface area contributed by atoms with Crippen LogP contribution in [0.15, 0.2) is 39.0 Å². The minimum absolute atomic E-state index is 0.0143. The van der Waals surface area contributed by atoms with Gasteiger partial charge in [-0.25, -0.2) is 4.79 Å². The number of fused-ring (bicyclic) bond motifs is 1. The summed E-state index contributed by atoms with van der Waals surface area (Å²) in [7, 11) is 2.83. The van der Waals surface area contributed by atoms with E-state index in [1.54, 1.807) is 0 Å². The first-order valence-corrected chi connectivity index (χ1v) is 6.70. The van der Waals surface area contributed by atoms with Crippen LogP contribution in [0.5, 0.6) is 0 Å². The predicted octanol–water partition coefficient (Wildman–Crippen LogP) is -0.381. The molecular weight excluding hydrogens is 318 g/mol. The molecule has 0 N–H and O–H groups in total. The molecule has 3 rings (SSSR count). The quantitative estimate of drug-likeness (QED) is 0.366. The van der Waals surface area contributed by atoms with Gasteiger partial charge < -0.3 is 0 Å². The van der Waals surface area contributed by atoms with Gasteiger partial charge in [-0.1, -0.05) is 0 Å². The van der Waals surface area contributed by atoms with Crippen LogP contribution in [0.2, 0.25) is 0 Å². The zero-order valence-electron chi connectivity index (χ0n) is 12.7. The first-order chi connectivity index (χ1) is 11.4. The lowest BCUT2D eigenvalue weighted by Crippen LogP contribution is -2.37. The number of aromatic nitrogens is 5. The second-order valence-electron chi connectivity index (χ2n) is 4.95. The molecular formula is C13H11N7O4. The first kappa shape index (κ1) is 15.3. The zero-order chi connectivity index (χ0) is 17.4. The second kappa shape index (κ2) is 5.53. The van der Waals surface area contributed by atoms with Gasteiger partial charge in [0.05, 0.1) is 11.1 Å². The number of aryl methyl sites for hydroxylation is 1. The summed E-state index contributed by atoms with van der Waals surface area (Å²) in [6, 6.07) is 5.70. The minimum atomic E-state index is -0.565. The molecule has 0 aliphatic rings. The molecule has 0 bridgehead atoms. The zero-order valence-corrected chi connectivity index (χ0v) is 12.7. The maximum atomic E-state index is 12.0. The molecule has 0 aliphatic carbocycles. The summed E-state index contributed by atoms with van der Waals surface area (Å²) < 4.78 is 2.14. The molecule has 0 aliphatic heterocycles. The molecule has 0 spiro atoms. The van der Waals surface area contributed by atoms with Crippen molar-refractivity contribution >= 4 is 23.1 Å². The highest BCUT2D eigenvalue weighted by Gasteiger charge is 2.15. The molecule has 0 radical (unpaired) electrons. The smallest absolute Gasteiger partial charge is 0.278 e. The van der Waals surface area contributed by atoms with E-state index in [0.29, 0.717) is 5.56 Å². The highest BCUT2D eigenvalue weighted by Crippen LogP contribution is 2.11. The van der Waals surface area contributed by atoms with Crippen LogP contribution in [0.1, 0.15) is 5.56 Å². The molecule has 0 amide bonds. The monoisotopic (exact) mass is 329 g/mol. The molecule has 24 heavy (non-hydrogen) atoms. The van der Waals surface area contributed by atoms with Crippen LogP contribution < -0.4 is 11.2 Å². The third-order valence-electron chi connectivity index (χ3n) is 3.45. The van der Waals surface area contributed by atoms with Crippen molar-refractivity contribution in [3.8, 4) is 0 Å². The van der Waals surface area contributed by atoms with Crippen LogP contribution in [0, 0.1) is 10.1 Å². The summed E-state index contributed by atoms with van der Waals surface area (Å²) in [5.74, 6) is 0. The maximum absolute atomic E-state index is 12.0. The number of nitrogens with zero attached hydrogens (tertiary/aromatic N) is 7. The van der Waals surface area contributed by atoms with Crippen molar-refractivity contribution in [3.63, 3.8) is 0 Å². The largest absolute Gasteiger partial charge is 0.332 e. The Hall–Kier alpha value is -3.63. The summed E-state index contributed by atoms with van der Waals surface area (Å²) in [5.41, 5.74) is -0.379. The van der Waals surface area contributed by atoms with Gasteiger partial charge in [-0.3, -0.25) is 24.0 Å². The fourth-order valence-electron chi connectivity index (χ4n) is 2.14. The number of nitro benzene ring substituents is 1. The highest BCUT2D eigenvalue weighted by molar-refractivity contribution is 5.80. The van der Waals surface area contributed by atoms with Crippen LogP contribution >= 0.6 is 0 Å². The average molecular weight is 329 g/mol. The number of non-ortho nitro benzene ring substituents is 1. The van der Waals surface area contributed by atoms with Gasteiger partial charge in [0.1, 0.15) is 0 Å². The summed E-state index contributed by atoms with van der Waals surface area (Å²) in [6.45, 7) is 0. The van der Waals surface area contributed by atoms with E-state index in [4.69, 9.17) is 0 Å². The third-order valence-corrected chi connectivity index (χ3v) is 3.45. The maximum Gasteiger partial charge on any atom is 0.332 e. The van der Waals surface area contributed by atoms with Crippen molar-refractivity contribution in [2.24, 2.45) is 19.2 Å². The van der Waals surface area contributed by atoms with Crippen molar-refractivity contribution in [3.05, 3.63) is 60.8 Å². The lowest BCUT2D eigenvalue weighted by atomic mass is 10.2. The van der Waals surface area contributed by atoms with E-state index < -0.39 is 16.2 Å². The fraction of sp³-hybridized carbons (Fsp3) is 0.154. The Morgan fingerprint density at radius 2 is 1.83 bits per heavy atom. The second-order valence-corrected chi connectivity index (χ2v) is 4.95. The van der Waals surface area contributed by atoms with Crippen molar-refractivity contribution < 1.29 is 4.92 Å². The van der Waals surface area contributed by atoms with E-state index in [0.717, 1.165) is 9.36 Å². The molecule has 11 heteroatoms. The van der Waals surface area contributed by atoms with Gasteiger partial charge in [0.25, 0.3) is 11.2 Å². The van der Waals surface area contributed by atoms with E-state index in [-0.39, 0.29) is 16.9 Å². The molecule has 0 saturated heterocycles. The van der Waals surface area contributed by atoms with Crippen LogP contribution in [0.3, 0.4) is 0 Å². The van der Waals surface area contributed by atoms with Crippen molar-refractivity contribution in [1.29, 1.82) is 0 Å². The number of nitro groups is 1. The molecule has 1 aromatic carbocycles. The lowest BCUT2D eigenvalue weighted by molar-refractivity contribution is -0.384. The molecule has 0 saturated carbocycles. The summed E-state index contributed by atoms with van der Waals surface area (Å²) >= 11 is 0. The molecule has 3 aromatic rings. The molecule has 0 unspecified atom stereocenters.